The minimum absolute atomic E-state index is 0.205. The third kappa shape index (κ3) is 3.85. The summed E-state index contributed by atoms with van der Waals surface area (Å²) in [5.74, 6) is 1.87. The lowest BCUT2D eigenvalue weighted by Gasteiger charge is -2.20. The smallest absolute Gasteiger partial charge is 0.456 e. The van der Waals surface area contributed by atoms with E-state index in [4.69, 9.17) is 11.2 Å². The van der Waals surface area contributed by atoms with Crippen LogP contribution in [0.1, 0.15) is 42.3 Å². The van der Waals surface area contributed by atoms with Crippen molar-refractivity contribution in [2.75, 3.05) is 0 Å². The van der Waals surface area contributed by atoms with Crippen molar-refractivity contribution >= 4 is 18.6 Å². The Morgan fingerprint density at radius 1 is 1.37 bits per heavy atom. The van der Waals surface area contributed by atoms with Gasteiger partial charge in [0.05, 0.1) is 5.56 Å². The van der Waals surface area contributed by atoms with E-state index in [2.05, 4.69) is 5.92 Å². The van der Waals surface area contributed by atoms with Crippen LogP contribution in [0.2, 0.25) is 0 Å². The summed E-state index contributed by atoms with van der Waals surface area (Å²) in [6.07, 6.45) is 5.35. The first-order chi connectivity index (χ1) is 8.65. The van der Waals surface area contributed by atoms with Crippen LogP contribution in [0.15, 0.2) is 12.1 Å². The Hall–Kier alpha value is -1.77. The van der Waals surface area contributed by atoms with Crippen LogP contribution < -0.4 is 5.46 Å². The molecule has 2 N–H and O–H groups in total. The number of rotatable bonds is 2. The van der Waals surface area contributed by atoms with Crippen molar-refractivity contribution < 1.29 is 19.6 Å². The molecule has 0 fully saturated rings. The van der Waals surface area contributed by atoms with Crippen LogP contribution in [0.4, 0.5) is 0 Å². The van der Waals surface area contributed by atoms with Crippen molar-refractivity contribution in [3.8, 4) is 12.3 Å². The Kier molecular flexibility index (Phi) is 4.41. The highest BCUT2D eigenvalue weighted by Gasteiger charge is 2.22. The highest BCUT2D eigenvalue weighted by Crippen LogP contribution is 2.14. The van der Waals surface area contributed by atoms with Gasteiger partial charge in [0.15, 0.2) is 0 Å². The molecule has 1 rings (SSSR count). The summed E-state index contributed by atoms with van der Waals surface area (Å²) in [6.45, 7) is 6.93. The molecule has 0 radical (unpaired) electrons. The van der Waals surface area contributed by atoms with Crippen LogP contribution in [-0.4, -0.2) is 28.7 Å². The summed E-state index contributed by atoms with van der Waals surface area (Å²) in [7, 11) is -1.69. The first kappa shape index (κ1) is 15.3. The third-order valence-corrected chi connectivity index (χ3v) is 2.52. The van der Waals surface area contributed by atoms with Gasteiger partial charge in [-0.25, -0.2) is 4.79 Å². The Labute approximate surface area is 113 Å². The van der Waals surface area contributed by atoms with Crippen LogP contribution in [-0.2, 0) is 4.74 Å². The van der Waals surface area contributed by atoms with Crippen molar-refractivity contribution in [3.63, 3.8) is 0 Å². The van der Waals surface area contributed by atoms with Gasteiger partial charge in [-0.15, -0.1) is 6.42 Å². The van der Waals surface area contributed by atoms with Crippen molar-refractivity contribution in [1.29, 1.82) is 0 Å². The molecule has 1 aromatic rings. The summed E-state index contributed by atoms with van der Waals surface area (Å²) >= 11 is 0. The fraction of sp³-hybridized carbons (Fsp3) is 0.357. The maximum atomic E-state index is 12.0. The number of carbonyl (C=O) groups excluding carboxylic acids is 1. The number of esters is 1. The predicted octanol–water partition coefficient (Wildman–Crippen LogP) is 0.611. The summed E-state index contributed by atoms with van der Waals surface area (Å²) in [6, 6.07) is 2.89. The molecule has 0 saturated heterocycles. The monoisotopic (exact) mass is 260 g/mol. The zero-order valence-corrected chi connectivity index (χ0v) is 11.5. The molecule has 0 unspecified atom stereocenters. The van der Waals surface area contributed by atoms with Gasteiger partial charge in [-0.2, -0.15) is 0 Å². The zero-order valence-electron chi connectivity index (χ0n) is 11.5. The Balaban J connectivity index is 3.27. The quantitative estimate of drug-likeness (QED) is 0.464. The van der Waals surface area contributed by atoms with E-state index in [9.17, 15) is 14.8 Å². The second kappa shape index (κ2) is 5.47. The molecule has 19 heavy (non-hydrogen) atoms. The largest absolute Gasteiger partial charge is 0.488 e. The molecule has 100 valence electrons. The van der Waals surface area contributed by atoms with Crippen LogP contribution >= 0.6 is 0 Å². The average Bonchev–Trinajstić information content (AvgIpc) is 2.26. The van der Waals surface area contributed by atoms with Gasteiger partial charge in [0.1, 0.15) is 5.60 Å². The normalized spacial score (nSPS) is 10.8. The highest BCUT2D eigenvalue weighted by atomic mass is 16.6. The lowest BCUT2D eigenvalue weighted by molar-refractivity contribution is 0.00696. The molecule has 0 aliphatic rings. The van der Waals surface area contributed by atoms with Crippen LogP contribution in [0.25, 0.3) is 0 Å². The topological polar surface area (TPSA) is 66.8 Å². The molecule has 4 nitrogen and oxygen atoms in total. The molecule has 0 heterocycles. The van der Waals surface area contributed by atoms with E-state index >= 15 is 0 Å². The van der Waals surface area contributed by atoms with E-state index in [0.717, 1.165) is 0 Å². The van der Waals surface area contributed by atoms with Gasteiger partial charge in [0.25, 0.3) is 0 Å². The first-order valence-corrected chi connectivity index (χ1v) is 5.86. The Bertz CT molecular complexity index is 536. The average molecular weight is 260 g/mol. The Morgan fingerprint density at radius 3 is 2.37 bits per heavy atom. The molecule has 0 aromatic heterocycles. The van der Waals surface area contributed by atoms with E-state index < -0.39 is 18.7 Å². The molecule has 0 amide bonds. The zero-order chi connectivity index (χ0) is 14.8. The van der Waals surface area contributed by atoms with E-state index in [-0.39, 0.29) is 11.0 Å². The van der Waals surface area contributed by atoms with Crippen LogP contribution in [0.5, 0.6) is 0 Å². The molecular weight excluding hydrogens is 243 g/mol. The molecule has 0 bridgehead atoms. The van der Waals surface area contributed by atoms with Gasteiger partial charge in [-0.05, 0) is 50.9 Å². The van der Waals surface area contributed by atoms with Crippen LogP contribution in [0.3, 0.4) is 0 Å². The molecule has 0 spiro atoms. The molecule has 1 aromatic carbocycles. The van der Waals surface area contributed by atoms with Crippen molar-refractivity contribution in [3.05, 3.63) is 28.8 Å². The van der Waals surface area contributed by atoms with E-state index in [1.54, 1.807) is 27.7 Å². The third-order valence-electron chi connectivity index (χ3n) is 2.52. The van der Waals surface area contributed by atoms with Gasteiger partial charge in [0, 0.05) is 5.56 Å². The van der Waals surface area contributed by atoms with E-state index in [0.29, 0.717) is 11.1 Å². The SMILES string of the molecule is C#Cc1cc(C(=O)OC(C)(C)C)cc(B(O)O)c1C. The maximum absolute atomic E-state index is 12.0. The number of ether oxygens (including phenoxy) is 1. The van der Waals surface area contributed by atoms with Crippen molar-refractivity contribution in [1.82, 2.24) is 0 Å². The van der Waals surface area contributed by atoms with Gasteiger partial charge in [-0.1, -0.05) is 5.92 Å². The van der Waals surface area contributed by atoms with Gasteiger partial charge < -0.3 is 14.8 Å². The van der Waals surface area contributed by atoms with Gasteiger partial charge >= 0.3 is 13.1 Å². The summed E-state index contributed by atoms with van der Waals surface area (Å²) < 4.78 is 5.23. The predicted molar refractivity (Wildman–Crippen MR) is 74.1 cm³/mol. The lowest BCUT2D eigenvalue weighted by Crippen LogP contribution is -2.34. The fourth-order valence-corrected chi connectivity index (χ4v) is 1.61. The highest BCUT2D eigenvalue weighted by molar-refractivity contribution is 6.59. The second-order valence-corrected chi connectivity index (χ2v) is 5.26. The summed E-state index contributed by atoms with van der Waals surface area (Å²) in [5.41, 5.74) is 0.778. The number of hydrogen-bond acceptors (Lipinski definition) is 4. The van der Waals surface area contributed by atoms with Gasteiger partial charge in [0.2, 0.25) is 0 Å². The second-order valence-electron chi connectivity index (χ2n) is 5.26. The molecule has 0 atom stereocenters. The number of benzene rings is 1. The number of terminal acetylenes is 1. The van der Waals surface area contributed by atoms with E-state index in [1.165, 1.54) is 12.1 Å². The first-order valence-electron chi connectivity index (χ1n) is 5.86. The van der Waals surface area contributed by atoms with E-state index in [1.807, 2.05) is 0 Å². The minimum atomic E-state index is -1.69. The molecule has 0 aliphatic carbocycles. The van der Waals surface area contributed by atoms with Crippen LogP contribution in [0, 0.1) is 19.3 Å². The number of hydrogen-bond donors (Lipinski definition) is 2. The molecule has 0 saturated carbocycles. The lowest BCUT2D eigenvalue weighted by atomic mass is 9.75. The summed E-state index contributed by atoms with van der Waals surface area (Å²) in [4.78, 5) is 12.0. The minimum Gasteiger partial charge on any atom is -0.456 e. The standard InChI is InChI=1S/C14H17BO4/c1-6-10-7-11(13(16)19-14(3,4)5)8-12(9(10)2)15(17)18/h1,7-8,17-18H,2-5H3. The van der Waals surface area contributed by atoms with Gasteiger partial charge in [-0.3, -0.25) is 0 Å². The maximum Gasteiger partial charge on any atom is 0.488 e. The fourth-order valence-electron chi connectivity index (χ4n) is 1.61. The molecular formula is C14H17BO4. The molecule has 5 heteroatoms. The Morgan fingerprint density at radius 2 is 1.95 bits per heavy atom. The van der Waals surface area contributed by atoms with Crippen molar-refractivity contribution in [2.24, 2.45) is 0 Å². The number of carbonyl (C=O) groups is 1. The van der Waals surface area contributed by atoms with Crippen molar-refractivity contribution in [2.45, 2.75) is 33.3 Å². The molecule has 0 aliphatic heterocycles. The summed E-state index contributed by atoms with van der Waals surface area (Å²) in [5, 5.41) is 18.6.